The molecule has 3 amide bonds. The third kappa shape index (κ3) is 3.80. The van der Waals surface area contributed by atoms with Crippen LogP contribution in [0, 0.1) is 0 Å². The zero-order valence-corrected chi connectivity index (χ0v) is 14.7. The number of piperidine rings is 1. The second-order valence-corrected chi connectivity index (χ2v) is 7.09. The Bertz CT molecular complexity index is 777. The number of imide groups is 1. The minimum Gasteiger partial charge on any atom is -0.548 e. The van der Waals surface area contributed by atoms with Gasteiger partial charge >= 0.3 is 0 Å². The fourth-order valence-electron chi connectivity index (χ4n) is 3.04. The summed E-state index contributed by atoms with van der Waals surface area (Å²) >= 11 is 0.772. The number of carbonyl (C=O) groups excluding carboxylic acids is 4. The molecule has 1 atom stereocenters. The maximum Gasteiger partial charge on any atom is 0.294 e. The summed E-state index contributed by atoms with van der Waals surface area (Å²) in [5.74, 6) is -2.41. The van der Waals surface area contributed by atoms with E-state index >= 15 is 0 Å². The summed E-state index contributed by atoms with van der Waals surface area (Å²) in [5, 5.41) is 10.7. The number of carbonyl (C=O) groups is 4. The van der Waals surface area contributed by atoms with Crippen LogP contribution in [0.1, 0.15) is 24.8 Å². The van der Waals surface area contributed by atoms with Crippen LogP contribution in [0.3, 0.4) is 0 Å². The summed E-state index contributed by atoms with van der Waals surface area (Å²) in [6.07, 6.45) is 3.30. The molecule has 7 nitrogen and oxygen atoms in total. The quantitative estimate of drug-likeness (QED) is 0.726. The molecule has 26 heavy (non-hydrogen) atoms. The van der Waals surface area contributed by atoms with Gasteiger partial charge in [0.1, 0.15) is 6.54 Å². The van der Waals surface area contributed by atoms with Crippen LogP contribution in [0.5, 0.6) is 0 Å². The van der Waals surface area contributed by atoms with Gasteiger partial charge in [-0.15, -0.1) is 0 Å². The van der Waals surface area contributed by atoms with Gasteiger partial charge in [-0.05, 0) is 42.7 Å². The van der Waals surface area contributed by atoms with Crippen molar-refractivity contribution in [3.63, 3.8) is 0 Å². The lowest BCUT2D eigenvalue weighted by Crippen LogP contribution is -2.55. The van der Waals surface area contributed by atoms with E-state index in [4.69, 9.17) is 0 Å². The van der Waals surface area contributed by atoms with Gasteiger partial charge in [-0.25, -0.2) is 0 Å². The Balaban J connectivity index is 1.72. The van der Waals surface area contributed by atoms with Crippen molar-refractivity contribution in [2.75, 3.05) is 13.1 Å². The summed E-state index contributed by atoms with van der Waals surface area (Å²) in [7, 11) is 0. The van der Waals surface area contributed by atoms with Crippen molar-refractivity contribution < 1.29 is 24.3 Å². The summed E-state index contributed by atoms with van der Waals surface area (Å²) in [4.78, 5) is 50.6. The number of aliphatic carboxylic acids is 1. The molecule has 2 heterocycles. The molecule has 136 valence electrons. The second kappa shape index (κ2) is 7.74. The maximum absolute atomic E-state index is 12.5. The molecule has 0 spiro atoms. The summed E-state index contributed by atoms with van der Waals surface area (Å²) in [6.45, 7) is -0.172. The van der Waals surface area contributed by atoms with Crippen LogP contribution in [0.15, 0.2) is 35.2 Å². The zero-order chi connectivity index (χ0) is 18.7. The number of thioether (sulfide) groups is 1. The van der Waals surface area contributed by atoms with Crippen molar-refractivity contribution in [1.29, 1.82) is 0 Å². The lowest BCUT2D eigenvalue weighted by molar-refractivity contribution is -0.312. The number of hydrogen-bond donors (Lipinski definition) is 0. The van der Waals surface area contributed by atoms with E-state index in [1.54, 1.807) is 18.2 Å². The van der Waals surface area contributed by atoms with Gasteiger partial charge in [0.15, 0.2) is 0 Å². The predicted octanol–water partition coefficient (Wildman–Crippen LogP) is 0.854. The largest absolute Gasteiger partial charge is 0.548 e. The van der Waals surface area contributed by atoms with Crippen LogP contribution < -0.4 is 5.11 Å². The van der Waals surface area contributed by atoms with E-state index in [-0.39, 0.29) is 11.4 Å². The van der Waals surface area contributed by atoms with Crippen LogP contribution in [0.2, 0.25) is 0 Å². The Labute approximate surface area is 154 Å². The van der Waals surface area contributed by atoms with E-state index in [0.29, 0.717) is 19.3 Å². The molecule has 2 fully saturated rings. The van der Waals surface area contributed by atoms with Gasteiger partial charge in [0.05, 0.1) is 16.9 Å². The smallest absolute Gasteiger partial charge is 0.294 e. The zero-order valence-electron chi connectivity index (χ0n) is 13.9. The van der Waals surface area contributed by atoms with Gasteiger partial charge in [-0.3, -0.25) is 19.3 Å². The van der Waals surface area contributed by atoms with Gasteiger partial charge in [0.25, 0.3) is 11.1 Å². The topological polar surface area (TPSA) is 97.8 Å². The van der Waals surface area contributed by atoms with E-state index < -0.39 is 35.6 Å². The molecule has 0 unspecified atom stereocenters. The molecule has 3 rings (SSSR count). The minimum atomic E-state index is -1.31. The number of likely N-dealkylation sites (tertiary alicyclic amines) is 1. The lowest BCUT2D eigenvalue weighted by Gasteiger charge is -2.36. The van der Waals surface area contributed by atoms with Gasteiger partial charge in [-0.1, -0.05) is 30.3 Å². The molecule has 1 aromatic rings. The normalized spacial score (nSPS) is 22.2. The number of nitrogens with zero attached hydrogens (tertiary/aromatic N) is 2. The maximum atomic E-state index is 12.5. The van der Waals surface area contributed by atoms with Crippen molar-refractivity contribution in [2.24, 2.45) is 0 Å². The van der Waals surface area contributed by atoms with Crippen molar-refractivity contribution in [1.82, 2.24) is 9.80 Å². The molecule has 8 heteroatoms. The number of carboxylic acids is 1. The highest BCUT2D eigenvalue weighted by atomic mass is 32.2. The Kier molecular flexibility index (Phi) is 5.41. The van der Waals surface area contributed by atoms with Gasteiger partial charge in [-0.2, -0.15) is 0 Å². The highest BCUT2D eigenvalue weighted by Gasteiger charge is 2.38. The third-order valence-electron chi connectivity index (χ3n) is 4.36. The molecule has 0 aliphatic carbocycles. The molecular weight excluding hydrogens is 356 g/mol. The standard InChI is InChI=1S/C18H18N2O5S/c21-15(19-9-5-4-8-13(19)17(23)24)11-20-16(22)14(26-18(20)25)10-12-6-2-1-3-7-12/h1-3,6-7,10,13H,4-5,8-9,11H2,(H,23,24)/p-1/b14-10-/t13-/m1/s1. The summed E-state index contributed by atoms with van der Waals surface area (Å²) in [6, 6.07) is 8.07. The van der Waals surface area contributed by atoms with E-state index in [1.807, 2.05) is 18.2 Å². The minimum absolute atomic E-state index is 0.240. The van der Waals surface area contributed by atoms with Gasteiger partial charge < -0.3 is 14.8 Å². The average molecular weight is 373 g/mol. The first kappa shape index (κ1) is 18.2. The molecule has 0 radical (unpaired) electrons. The average Bonchev–Trinajstić information content (AvgIpc) is 2.90. The van der Waals surface area contributed by atoms with Crippen LogP contribution in [0.4, 0.5) is 4.79 Å². The number of carboxylic acid groups (broad SMARTS) is 1. The molecule has 0 N–H and O–H groups in total. The Hall–Kier alpha value is -2.61. The fraction of sp³-hybridized carbons (Fsp3) is 0.333. The van der Waals surface area contributed by atoms with Crippen molar-refractivity contribution in [3.05, 3.63) is 40.8 Å². The predicted molar refractivity (Wildman–Crippen MR) is 93.5 cm³/mol. The van der Waals surface area contributed by atoms with Crippen molar-refractivity contribution in [2.45, 2.75) is 25.3 Å². The SMILES string of the molecule is O=C([O-])[C@H]1CCCCN1C(=O)CN1C(=O)S/C(=C\c2ccccc2)C1=O. The van der Waals surface area contributed by atoms with Crippen LogP contribution in [-0.4, -0.2) is 52.0 Å². The molecule has 0 saturated carbocycles. The number of benzene rings is 1. The van der Waals surface area contributed by atoms with Crippen LogP contribution >= 0.6 is 11.8 Å². The number of amides is 3. The van der Waals surface area contributed by atoms with Crippen LogP contribution in [0.25, 0.3) is 6.08 Å². The Morgan fingerprint density at radius 1 is 1.19 bits per heavy atom. The summed E-state index contributed by atoms with van der Waals surface area (Å²) in [5.41, 5.74) is 0.775. The highest BCUT2D eigenvalue weighted by Crippen LogP contribution is 2.32. The molecule has 2 aliphatic heterocycles. The van der Waals surface area contributed by atoms with Crippen molar-refractivity contribution >= 4 is 40.9 Å². The third-order valence-corrected chi connectivity index (χ3v) is 5.27. The van der Waals surface area contributed by atoms with Crippen LogP contribution in [-0.2, 0) is 14.4 Å². The van der Waals surface area contributed by atoms with E-state index in [2.05, 4.69) is 0 Å². The molecule has 2 aliphatic rings. The second-order valence-electron chi connectivity index (χ2n) is 6.10. The molecular formula is C18H17N2O5S-. The lowest BCUT2D eigenvalue weighted by atomic mass is 10.0. The first-order valence-electron chi connectivity index (χ1n) is 8.28. The molecule has 0 bridgehead atoms. The van der Waals surface area contributed by atoms with E-state index in [1.165, 1.54) is 4.90 Å². The van der Waals surface area contributed by atoms with E-state index in [0.717, 1.165) is 22.2 Å². The Morgan fingerprint density at radius 2 is 1.92 bits per heavy atom. The molecule has 0 aromatic heterocycles. The first-order valence-corrected chi connectivity index (χ1v) is 9.10. The fourth-order valence-corrected chi connectivity index (χ4v) is 3.88. The van der Waals surface area contributed by atoms with E-state index in [9.17, 15) is 24.3 Å². The Morgan fingerprint density at radius 3 is 2.62 bits per heavy atom. The molecule has 2 saturated heterocycles. The summed E-state index contributed by atoms with van der Waals surface area (Å²) < 4.78 is 0. The van der Waals surface area contributed by atoms with Crippen molar-refractivity contribution in [3.8, 4) is 0 Å². The van der Waals surface area contributed by atoms with Gasteiger partial charge in [0, 0.05) is 6.54 Å². The number of hydrogen-bond acceptors (Lipinski definition) is 6. The monoisotopic (exact) mass is 373 g/mol. The molecule has 1 aromatic carbocycles. The first-order chi connectivity index (χ1) is 12.5. The number of rotatable bonds is 4. The highest BCUT2D eigenvalue weighted by molar-refractivity contribution is 8.18. The van der Waals surface area contributed by atoms with Gasteiger partial charge in [0.2, 0.25) is 5.91 Å².